The van der Waals surface area contributed by atoms with Crippen molar-refractivity contribution >= 4 is 5.97 Å². The molecule has 56 valence electrons. The van der Waals surface area contributed by atoms with Crippen LogP contribution in [-0.4, -0.2) is 18.1 Å². The van der Waals surface area contributed by atoms with Crippen molar-refractivity contribution in [2.75, 3.05) is 0 Å². The largest absolute Gasteiger partial charge is 0.457 e. The first kappa shape index (κ1) is 8.89. The van der Waals surface area contributed by atoms with E-state index in [0.717, 1.165) is 0 Å². The molecule has 0 aliphatic rings. The summed E-state index contributed by atoms with van der Waals surface area (Å²) in [7, 11) is 0. The zero-order chi connectivity index (χ0) is 8.15. The molecule has 0 aromatic carbocycles. The van der Waals surface area contributed by atoms with E-state index < -0.39 is 12.0 Å². The van der Waals surface area contributed by atoms with Gasteiger partial charge in [-0.2, -0.15) is 0 Å². The molecule has 0 radical (unpaired) electrons. The first-order valence-electron chi connectivity index (χ1n) is 3.12. The summed E-state index contributed by atoms with van der Waals surface area (Å²) in [5.41, 5.74) is 0. The molecule has 0 amide bonds. The third-order valence-electron chi connectivity index (χ3n) is 0.866. The van der Waals surface area contributed by atoms with Gasteiger partial charge < -0.3 is 4.74 Å². The summed E-state index contributed by atoms with van der Waals surface area (Å²) in [5, 5.41) is 8.14. The molecule has 10 heavy (non-hydrogen) atoms. The number of nitrogens with zero attached hydrogens (tertiary/aromatic N) is 2. The van der Waals surface area contributed by atoms with Crippen LogP contribution in [0.4, 0.5) is 0 Å². The summed E-state index contributed by atoms with van der Waals surface area (Å²) in [6.07, 6.45) is -0.156. The van der Waals surface area contributed by atoms with Gasteiger partial charge in [-0.1, -0.05) is 0 Å². The average molecular weight is 143 g/mol. The van der Waals surface area contributed by atoms with Crippen LogP contribution in [-0.2, 0) is 9.53 Å². The van der Waals surface area contributed by atoms with Crippen molar-refractivity contribution in [1.29, 1.82) is 5.39 Å². The fourth-order valence-corrected chi connectivity index (χ4v) is 0.378. The lowest BCUT2D eigenvalue weighted by Gasteiger charge is -2.03. The topological polar surface area (TPSA) is 54.5 Å². The molecule has 0 bridgehead atoms. The lowest BCUT2D eigenvalue weighted by molar-refractivity contribution is -0.147. The lowest BCUT2D eigenvalue weighted by atomic mass is 10.4. The van der Waals surface area contributed by atoms with Crippen molar-refractivity contribution in [3.05, 3.63) is 4.98 Å². The normalized spacial score (nSPS) is 12.3. The Morgan fingerprint density at radius 1 is 1.50 bits per heavy atom. The van der Waals surface area contributed by atoms with Crippen molar-refractivity contribution in [3.8, 4) is 0 Å². The van der Waals surface area contributed by atoms with E-state index in [1.54, 1.807) is 13.8 Å². The molecule has 0 spiro atoms. The van der Waals surface area contributed by atoms with Crippen LogP contribution in [0.25, 0.3) is 4.98 Å². The highest BCUT2D eigenvalue weighted by Crippen LogP contribution is 1.96. The van der Waals surface area contributed by atoms with Crippen LogP contribution in [0.3, 0.4) is 0 Å². The third-order valence-corrected chi connectivity index (χ3v) is 0.866. The average Bonchev–Trinajstić information content (AvgIpc) is 1.85. The Balaban J connectivity index is 3.76. The second kappa shape index (κ2) is 3.83. The number of esters is 1. The van der Waals surface area contributed by atoms with Crippen LogP contribution in [0.2, 0.25) is 0 Å². The molecule has 0 aromatic heterocycles. The van der Waals surface area contributed by atoms with Crippen molar-refractivity contribution < 1.29 is 9.53 Å². The van der Waals surface area contributed by atoms with Crippen LogP contribution < -0.4 is 0 Å². The maximum Gasteiger partial charge on any atom is 0.405 e. The molecule has 0 heterocycles. The summed E-state index contributed by atoms with van der Waals surface area (Å²) in [6.45, 7) is 4.94. The van der Waals surface area contributed by atoms with Crippen LogP contribution in [0, 0.1) is 5.39 Å². The molecule has 0 aliphatic heterocycles. The second-order valence-corrected chi connectivity index (χ2v) is 2.28. The van der Waals surface area contributed by atoms with Crippen molar-refractivity contribution in [1.82, 2.24) is 0 Å². The Morgan fingerprint density at radius 3 is 2.30 bits per heavy atom. The molecule has 0 saturated heterocycles. The van der Waals surface area contributed by atoms with Crippen molar-refractivity contribution in [2.24, 2.45) is 0 Å². The number of hydrogen-bond donors (Lipinski definition) is 0. The van der Waals surface area contributed by atoms with E-state index in [1.165, 1.54) is 6.92 Å². The molecular weight excluding hydrogens is 132 g/mol. The predicted octanol–water partition coefficient (Wildman–Crippen LogP) is 1.18. The molecule has 0 saturated carbocycles. The predicted molar refractivity (Wildman–Crippen MR) is 35.8 cm³/mol. The van der Waals surface area contributed by atoms with Gasteiger partial charge in [-0.15, -0.1) is 0 Å². The summed E-state index contributed by atoms with van der Waals surface area (Å²) in [6, 6.07) is -0.776. The summed E-state index contributed by atoms with van der Waals surface area (Å²) in [5.74, 6) is -0.502. The Hall–Kier alpha value is -1.11. The minimum Gasteiger partial charge on any atom is -0.457 e. The van der Waals surface area contributed by atoms with Gasteiger partial charge in [0.15, 0.2) is 0 Å². The van der Waals surface area contributed by atoms with Crippen molar-refractivity contribution in [2.45, 2.75) is 32.9 Å². The maximum atomic E-state index is 10.7. The molecule has 0 rings (SSSR count). The lowest BCUT2D eigenvalue weighted by Crippen LogP contribution is -2.20. The number of rotatable bonds is 2. The van der Waals surface area contributed by atoms with Gasteiger partial charge in [0.1, 0.15) is 4.98 Å². The molecule has 1 unspecified atom stereocenters. The molecule has 0 aliphatic carbocycles. The van der Waals surface area contributed by atoms with Gasteiger partial charge in [0.25, 0.3) is 0 Å². The monoisotopic (exact) mass is 143 g/mol. The van der Waals surface area contributed by atoms with E-state index in [-0.39, 0.29) is 6.10 Å². The highest BCUT2D eigenvalue weighted by atomic mass is 16.5. The Kier molecular flexibility index (Phi) is 3.40. The second-order valence-electron chi connectivity index (χ2n) is 2.28. The summed E-state index contributed by atoms with van der Waals surface area (Å²) < 4.78 is 4.71. The number of carbonyl (C=O) groups is 1. The van der Waals surface area contributed by atoms with Gasteiger partial charge >= 0.3 is 12.0 Å². The molecule has 0 aromatic rings. The van der Waals surface area contributed by atoms with E-state index in [4.69, 9.17) is 10.1 Å². The Bertz CT molecular complexity index is 160. The van der Waals surface area contributed by atoms with E-state index in [2.05, 4.69) is 4.98 Å². The van der Waals surface area contributed by atoms with Crippen LogP contribution in [0.5, 0.6) is 0 Å². The number of ether oxygens (including phenoxy) is 1. The first-order valence-corrected chi connectivity index (χ1v) is 3.12. The van der Waals surface area contributed by atoms with Crippen molar-refractivity contribution in [3.63, 3.8) is 0 Å². The molecule has 0 N–H and O–H groups in total. The van der Waals surface area contributed by atoms with Gasteiger partial charge in [0.2, 0.25) is 5.39 Å². The van der Waals surface area contributed by atoms with E-state index in [1.807, 2.05) is 0 Å². The maximum absolute atomic E-state index is 10.7. The fourth-order valence-electron chi connectivity index (χ4n) is 0.378. The van der Waals surface area contributed by atoms with E-state index in [0.29, 0.717) is 0 Å². The summed E-state index contributed by atoms with van der Waals surface area (Å²) in [4.78, 5) is 13.5. The van der Waals surface area contributed by atoms with Gasteiger partial charge in [0, 0.05) is 6.92 Å². The molecule has 0 fully saturated rings. The number of diazo groups is 1. The molecule has 4 nitrogen and oxygen atoms in total. The molecule has 1 atom stereocenters. The third kappa shape index (κ3) is 3.02. The zero-order valence-corrected chi connectivity index (χ0v) is 6.37. The fraction of sp³-hybridized carbons (Fsp3) is 0.833. The standard InChI is InChI=1S/C6H11N2O2/c1-4(2)10-6(9)5(3)8-7/h4-5H,1-3H3/q+1. The Morgan fingerprint density at radius 2 is 2.00 bits per heavy atom. The van der Waals surface area contributed by atoms with Gasteiger partial charge in [-0.3, -0.25) is 0 Å². The quantitative estimate of drug-likeness (QED) is 0.430. The van der Waals surface area contributed by atoms with Crippen LogP contribution in [0.1, 0.15) is 20.8 Å². The van der Waals surface area contributed by atoms with Gasteiger partial charge in [-0.05, 0) is 13.8 Å². The summed E-state index contributed by atoms with van der Waals surface area (Å²) >= 11 is 0. The van der Waals surface area contributed by atoms with Crippen LogP contribution >= 0.6 is 0 Å². The molecular formula is C6H11N2O2+. The smallest absolute Gasteiger partial charge is 0.405 e. The van der Waals surface area contributed by atoms with Gasteiger partial charge in [0.05, 0.1) is 6.10 Å². The van der Waals surface area contributed by atoms with Gasteiger partial charge in [-0.25, -0.2) is 4.79 Å². The van der Waals surface area contributed by atoms with E-state index in [9.17, 15) is 4.79 Å². The zero-order valence-electron chi connectivity index (χ0n) is 6.37. The first-order chi connectivity index (χ1) is 4.57. The molecule has 4 heteroatoms. The Labute approximate surface area is 59.8 Å². The highest BCUT2D eigenvalue weighted by Gasteiger charge is 2.25. The minimum absolute atomic E-state index is 0.156. The van der Waals surface area contributed by atoms with Crippen LogP contribution in [0.15, 0.2) is 0 Å². The van der Waals surface area contributed by atoms with E-state index >= 15 is 0 Å². The SMILES string of the molecule is CC(C)OC(=O)C(C)[N+]#N. The highest BCUT2D eigenvalue weighted by molar-refractivity contribution is 5.77. The number of carbonyl (C=O) groups excluding carboxylic acids is 1. The minimum atomic E-state index is -0.776. The number of hydrogen-bond acceptors (Lipinski definition) is 3.